The molecule has 1 aromatic rings. The monoisotopic (exact) mass is 312 g/mol. The van der Waals surface area contributed by atoms with Gasteiger partial charge >= 0.3 is 0 Å². The number of hydrogen-bond donors (Lipinski definition) is 1. The molecular weight excluding hydrogens is 292 g/mol. The molecule has 3 unspecified atom stereocenters. The second kappa shape index (κ2) is 6.15. The minimum atomic E-state index is 0.0879. The average molecular weight is 313 g/mol. The molecule has 0 radical (unpaired) electrons. The Kier molecular flexibility index (Phi) is 4.78. The van der Waals surface area contributed by atoms with E-state index in [0.717, 1.165) is 24.1 Å². The lowest BCUT2D eigenvalue weighted by Crippen LogP contribution is -2.43. The van der Waals surface area contributed by atoms with Crippen LogP contribution >= 0.6 is 15.9 Å². The molecule has 0 saturated carbocycles. The molecule has 0 aromatic heterocycles. The Morgan fingerprint density at radius 1 is 1.50 bits per heavy atom. The second-order valence-electron chi connectivity index (χ2n) is 5.04. The Balaban J connectivity index is 2.22. The first kappa shape index (κ1) is 14.0. The Hall–Kier alpha value is -0.420. The summed E-state index contributed by atoms with van der Waals surface area (Å²) in [4.78, 5) is 2.36. The molecule has 1 aliphatic rings. The van der Waals surface area contributed by atoms with Crippen molar-refractivity contribution in [2.24, 2.45) is 5.73 Å². The lowest BCUT2D eigenvalue weighted by molar-refractivity contribution is 0.123. The Morgan fingerprint density at radius 2 is 2.28 bits per heavy atom. The summed E-state index contributed by atoms with van der Waals surface area (Å²) in [5.74, 6) is 0. The summed E-state index contributed by atoms with van der Waals surface area (Å²) in [5.41, 5.74) is 7.45. The second-order valence-corrected chi connectivity index (χ2v) is 5.96. The van der Waals surface area contributed by atoms with Crippen molar-refractivity contribution in [2.75, 3.05) is 20.3 Å². The van der Waals surface area contributed by atoms with E-state index >= 15 is 0 Å². The summed E-state index contributed by atoms with van der Waals surface area (Å²) in [6.45, 7) is 3.74. The summed E-state index contributed by atoms with van der Waals surface area (Å²) in [5, 5.41) is 0. The van der Waals surface area contributed by atoms with Gasteiger partial charge in [0.1, 0.15) is 0 Å². The van der Waals surface area contributed by atoms with E-state index in [-0.39, 0.29) is 12.1 Å². The summed E-state index contributed by atoms with van der Waals surface area (Å²) in [6.07, 6.45) is 1.09. The van der Waals surface area contributed by atoms with E-state index in [1.807, 2.05) is 6.07 Å². The van der Waals surface area contributed by atoms with Gasteiger partial charge in [-0.05, 0) is 38.1 Å². The van der Waals surface area contributed by atoms with Crippen LogP contribution in [0.15, 0.2) is 28.7 Å². The number of hydrogen-bond acceptors (Lipinski definition) is 3. The first-order chi connectivity index (χ1) is 8.59. The highest BCUT2D eigenvalue weighted by Gasteiger charge is 2.29. The molecule has 3 atom stereocenters. The largest absolute Gasteiger partial charge is 0.380 e. The van der Waals surface area contributed by atoms with E-state index in [2.05, 4.69) is 53.0 Å². The number of nitrogens with zero attached hydrogens (tertiary/aromatic N) is 1. The van der Waals surface area contributed by atoms with Gasteiger partial charge in [-0.3, -0.25) is 4.90 Å². The van der Waals surface area contributed by atoms with Gasteiger partial charge in [0.2, 0.25) is 0 Å². The van der Waals surface area contributed by atoms with Gasteiger partial charge in [0.25, 0.3) is 0 Å². The van der Waals surface area contributed by atoms with Crippen LogP contribution in [0.1, 0.15) is 24.9 Å². The third-order valence-corrected chi connectivity index (χ3v) is 4.10. The number of likely N-dealkylation sites (N-methyl/N-ethyl adjacent to an activating group) is 1. The number of nitrogens with two attached hydrogens (primary N) is 1. The molecule has 3 nitrogen and oxygen atoms in total. The standard InChI is InChI=1S/C14H21BrN2O/c1-10(16)14(11-4-3-5-12(15)8-11)17(2)13-6-7-18-9-13/h3-5,8,10,13-14H,6-7,9,16H2,1-2H3. The van der Waals surface area contributed by atoms with Gasteiger partial charge in [0, 0.05) is 29.2 Å². The van der Waals surface area contributed by atoms with Crippen molar-refractivity contribution < 1.29 is 4.74 Å². The molecule has 2 N–H and O–H groups in total. The third-order valence-electron chi connectivity index (χ3n) is 3.61. The smallest absolute Gasteiger partial charge is 0.0622 e. The molecule has 18 heavy (non-hydrogen) atoms. The van der Waals surface area contributed by atoms with Crippen LogP contribution < -0.4 is 5.73 Å². The molecular formula is C14H21BrN2O. The molecule has 0 aliphatic carbocycles. The quantitative estimate of drug-likeness (QED) is 0.928. The summed E-state index contributed by atoms with van der Waals surface area (Å²) >= 11 is 3.53. The zero-order chi connectivity index (χ0) is 13.1. The molecule has 1 saturated heterocycles. The van der Waals surface area contributed by atoms with Crippen LogP contribution in [0.4, 0.5) is 0 Å². The van der Waals surface area contributed by atoms with E-state index in [1.165, 1.54) is 5.56 Å². The number of benzene rings is 1. The molecule has 1 fully saturated rings. The Labute approximate surface area is 117 Å². The molecule has 0 bridgehead atoms. The van der Waals surface area contributed by atoms with Crippen LogP contribution in [-0.2, 0) is 4.74 Å². The number of halogens is 1. The van der Waals surface area contributed by atoms with Gasteiger partial charge in [0.05, 0.1) is 6.61 Å². The van der Waals surface area contributed by atoms with Crippen molar-refractivity contribution in [1.29, 1.82) is 0 Å². The van der Waals surface area contributed by atoms with Gasteiger partial charge < -0.3 is 10.5 Å². The van der Waals surface area contributed by atoms with Crippen molar-refractivity contribution in [1.82, 2.24) is 4.90 Å². The average Bonchev–Trinajstić information content (AvgIpc) is 2.82. The summed E-state index contributed by atoms with van der Waals surface area (Å²) in [7, 11) is 2.15. The van der Waals surface area contributed by atoms with Crippen LogP contribution in [0.25, 0.3) is 0 Å². The van der Waals surface area contributed by atoms with Crippen LogP contribution in [0, 0.1) is 0 Å². The highest BCUT2D eigenvalue weighted by atomic mass is 79.9. The number of ether oxygens (including phenoxy) is 1. The zero-order valence-electron chi connectivity index (χ0n) is 11.0. The van der Waals surface area contributed by atoms with Gasteiger partial charge in [-0.1, -0.05) is 28.1 Å². The minimum Gasteiger partial charge on any atom is -0.380 e. The molecule has 2 rings (SSSR count). The fourth-order valence-electron chi connectivity index (χ4n) is 2.67. The fourth-order valence-corrected chi connectivity index (χ4v) is 3.09. The zero-order valence-corrected chi connectivity index (χ0v) is 12.6. The van der Waals surface area contributed by atoms with E-state index in [9.17, 15) is 0 Å². The fraction of sp³-hybridized carbons (Fsp3) is 0.571. The van der Waals surface area contributed by atoms with Gasteiger partial charge in [0.15, 0.2) is 0 Å². The maximum Gasteiger partial charge on any atom is 0.0622 e. The van der Waals surface area contributed by atoms with Crippen molar-refractivity contribution in [3.63, 3.8) is 0 Å². The van der Waals surface area contributed by atoms with Crippen LogP contribution in [-0.4, -0.2) is 37.2 Å². The Morgan fingerprint density at radius 3 is 2.83 bits per heavy atom. The number of rotatable bonds is 4. The summed E-state index contributed by atoms with van der Waals surface area (Å²) < 4.78 is 6.57. The van der Waals surface area contributed by atoms with Crippen LogP contribution in [0.5, 0.6) is 0 Å². The topological polar surface area (TPSA) is 38.5 Å². The third kappa shape index (κ3) is 3.12. The minimum absolute atomic E-state index is 0.0879. The molecule has 0 amide bonds. The van der Waals surface area contributed by atoms with E-state index < -0.39 is 0 Å². The first-order valence-electron chi connectivity index (χ1n) is 6.40. The van der Waals surface area contributed by atoms with Crippen molar-refractivity contribution >= 4 is 15.9 Å². The van der Waals surface area contributed by atoms with E-state index in [4.69, 9.17) is 10.5 Å². The molecule has 100 valence electrons. The lowest BCUT2D eigenvalue weighted by atomic mass is 9.98. The normalized spacial score (nSPS) is 23.3. The molecule has 1 aliphatic heterocycles. The lowest BCUT2D eigenvalue weighted by Gasteiger charge is -2.35. The molecule has 4 heteroatoms. The van der Waals surface area contributed by atoms with Gasteiger partial charge in [-0.25, -0.2) is 0 Å². The van der Waals surface area contributed by atoms with Crippen molar-refractivity contribution in [3.05, 3.63) is 34.3 Å². The van der Waals surface area contributed by atoms with E-state index in [1.54, 1.807) is 0 Å². The molecule has 1 aromatic carbocycles. The SMILES string of the molecule is CC(N)C(c1cccc(Br)c1)N(C)C1CCOC1. The van der Waals surface area contributed by atoms with Crippen LogP contribution in [0.3, 0.4) is 0 Å². The van der Waals surface area contributed by atoms with Gasteiger partial charge in [-0.2, -0.15) is 0 Å². The molecule has 0 spiro atoms. The van der Waals surface area contributed by atoms with E-state index in [0.29, 0.717) is 6.04 Å². The van der Waals surface area contributed by atoms with Crippen LogP contribution in [0.2, 0.25) is 0 Å². The Bertz CT molecular complexity index is 391. The first-order valence-corrected chi connectivity index (χ1v) is 7.19. The predicted molar refractivity (Wildman–Crippen MR) is 77.5 cm³/mol. The van der Waals surface area contributed by atoms with Gasteiger partial charge in [-0.15, -0.1) is 0 Å². The molecule has 1 heterocycles. The van der Waals surface area contributed by atoms with Crippen molar-refractivity contribution in [2.45, 2.75) is 31.5 Å². The highest BCUT2D eigenvalue weighted by Crippen LogP contribution is 2.28. The highest BCUT2D eigenvalue weighted by molar-refractivity contribution is 9.10. The summed E-state index contributed by atoms with van der Waals surface area (Å²) in [6, 6.07) is 9.19. The predicted octanol–water partition coefficient (Wildman–Crippen LogP) is 2.56. The maximum absolute atomic E-state index is 6.19. The van der Waals surface area contributed by atoms with Crippen molar-refractivity contribution in [3.8, 4) is 0 Å². The maximum atomic E-state index is 6.19.